The Balaban J connectivity index is 1.49. The van der Waals surface area contributed by atoms with Crippen LogP contribution in [0.2, 0.25) is 0 Å². The van der Waals surface area contributed by atoms with Crippen molar-refractivity contribution in [3.63, 3.8) is 0 Å². The van der Waals surface area contributed by atoms with Crippen LogP contribution < -0.4 is 5.32 Å². The maximum atomic E-state index is 12.6. The van der Waals surface area contributed by atoms with Crippen LogP contribution in [-0.2, 0) is 11.2 Å². The van der Waals surface area contributed by atoms with Crippen molar-refractivity contribution in [1.82, 2.24) is 20.0 Å². The van der Waals surface area contributed by atoms with Crippen LogP contribution in [0.4, 0.5) is 4.79 Å². The zero-order valence-corrected chi connectivity index (χ0v) is 16.6. The zero-order valence-electron chi connectivity index (χ0n) is 16.6. The van der Waals surface area contributed by atoms with E-state index >= 15 is 0 Å². The number of benzene rings is 1. The summed E-state index contributed by atoms with van der Waals surface area (Å²) >= 11 is 0. The minimum absolute atomic E-state index is 0.0473. The van der Waals surface area contributed by atoms with E-state index in [2.05, 4.69) is 40.5 Å². The largest absolute Gasteiger partial charge is 0.337 e. The molecular weight excluding hydrogens is 340 g/mol. The smallest absolute Gasteiger partial charge is 0.317 e. The molecule has 1 aromatic rings. The minimum atomic E-state index is -0.217. The molecule has 3 amide bonds. The molecule has 0 aromatic heterocycles. The Morgan fingerprint density at radius 3 is 2.63 bits per heavy atom. The average Bonchev–Trinajstić information content (AvgIpc) is 2.97. The molecule has 0 unspecified atom stereocenters. The standard InChI is InChI=1S/C21H32N4O2/c1-23(2)21(27)22-13-20(26)25-15-18-10-11-19(25)16-24(14-18)12-6-9-17-7-4-3-5-8-17/h3-5,7-8,18-19H,6,9-16H2,1-2H3,(H,22,27)/t18-,19+/m0/s1. The van der Waals surface area contributed by atoms with E-state index in [1.165, 1.54) is 16.9 Å². The van der Waals surface area contributed by atoms with Crippen molar-refractivity contribution < 1.29 is 9.59 Å². The van der Waals surface area contributed by atoms with Gasteiger partial charge in [-0.3, -0.25) is 4.79 Å². The molecule has 3 saturated heterocycles. The molecule has 0 spiro atoms. The number of fused-ring (bicyclic) bond motifs is 4. The first-order valence-corrected chi connectivity index (χ1v) is 10.0. The van der Waals surface area contributed by atoms with Gasteiger partial charge in [-0.2, -0.15) is 0 Å². The van der Waals surface area contributed by atoms with Gasteiger partial charge in [0.1, 0.15) is 0 Å². The summed E-state index contributed by atoms with van der Waals surface area (Å²) in [6.45, 7) is 4.05. The summed E-state index contributed by atoms with van der Waals surface area (Å²) in [4.78, 5) is 30.3. The highest BCUT2D eigenvalue weighted by Gasteiger charge is 2.36. The topological polar surface area (TPSA) is 55.9 Å². The quantitative estimate of drug-likeness (QED) is 0.829. The van der Waals surface area contributed by atoms with Crippen LogP contribution in [0.25, 0.3) is 0 Å². The van der Waals surface area contributed by atoms with Crippen molar-refractivity contribution in [1.29, 1.82) is 0 Å². The Labute approximate surface area is 162 Å². The molecule has 0 radical (unpaired) electrons. The molecule has 2 bridgehead atoms. The van der Waals surface area contributed by atoms with Gasteiger partial charge in [-0.1, -0.05) is 30.3 Å². The number of rotatable bonds is 6. The fourth-order valence-electron chi connectivity index (χ4n) is 4.23. The third kappa shape index (κ3) is 5.45. The van der Waals surface area contributed by atoms with Crippen LogP contribution >= 0.6 is 0 Å². The van der Waals surface area contributed by atoms with Gasteiger partial charge in [0.15, 0.2) is 0 Å². The van der Waals surface area contributed by atoms with E-state index in [1.807, 2.05) is 4.90 Å². The fourth-order valence-corrected chi connectivity index (χ4v) is 4.23. The van der Waals surface area contributed by atoms with Gasteiger partial charge in [-0.25, -0.2) is 4.79 Å². The van der Waals surface area contributed by atoms with Crippen molar-refractivity contribution in [3.05, 3.63) is 35.9 Å². The zero-order chi connectivity index (χ0) is 19.2. The Hall–Kier alpha value is -2.08. The van der Waals surface area contributed by atoms with Crippen LogP contribution in [-0.4, -0.2) is 79.5 Å². The predicted octanol–water partition coefficient (Wildman–Crippen LogP) is 1.81. The number of carbonyl (C=O) groups excluding carboxylic acids is 2. The molecule has 6 nitrogen and oxygen atoms in total. The van der Waals surface area contributed by atoms with Gasteiger partial charge in [0.05, 0.1) is 6.54 Å². The number of piperidine rings is 1. The normalized spacial score (nSPS) is 22.4. The SMILES string of the molecule is CN(C)C(=O)NCC(=O)N1C[C@H]2CC[C@@H]1CN(CCCc1ccccc1)C2. The lowest BCUT2D eigenvalue weighted by Crippen LogP contribution is -2.51. The molecule has 6 heteroatoms. The first kappa shape index (κ1) is 19.7. The molecule has 1 aromatic carbocycles. The Morgan fingerprint density at radius 1 is 1.11 bits per heavy atom. The molecule has 4 rings (SSSR count). The molecule has 0 saturated carbocycles. The Morgan fingerprint density at radius 2 is 1.89 bits per heavy atom. The van der Waals surface area contributed by atoms with E-state index in [-0.39, 0.29) is 24.5 Å². The third-order valence-electron chi connectivity index (χ3n) is 5.69. The summed E-state index contributed by atoms with van der Waals surface area (Å²) in [6.07, 6.45) is 4.53. The van der Waals surface area contributed by atoms with E-state index in [4.69, 9.17) is 0 Å². The molecular formula is C21H32N4O2. The van der Waals surface area contributed by atoms with E-state index in [0.29, 0.717) is 5.92 Å². The molecule has 3 aliphatic heterocycles. The van der Waals surface area contributed by atoms with Gasteiger partial charge in [0.2, 0.25) is 5.91 Å². The fraction of sp³-hybridized carbons (Fsp3) is 0.619. The maximum Gasteiger partial charge on any atom is 0.317 e. The molecule has 3 heterocycles. The van der Waals surface area contributed by atoms with Gasteiger partial charge < -0.3 is 20.0 Å². The first-order valence-electron chi connectivity index (χ1n) is 10.0. The number of urea groups is 1. The van der Waals surface area contributed by atoms with E-state index in [9.17, 15) is 9.59 Å². The van der Waals surface area contributed by atoms with Crippen LogP contribution in [0.5, 0.6) is 0 Å². The number of aryl methyl sites for hydroxylation is 1. The summed E-state index contributed by atoms with van der Waals surface area (Å²) in [5, 5.41) is 2.70. The second kappa shape index (κ2) is 9.22. The maximum absolute atomic E-state index is 12.6. The third-order valence-corrected chi connectivity index (χ3v) is 5.69. The molecule has 3 fully saturated rings. The van der Waals surface area contributed by atoms with Gasteiger partial charge in [0, 0.05) is 39.8 Å². The summed E-state index contributed by atoms with van der Waals surface area (Å²) in [5.74, 6) is 0.597. The molecule has 2 atom stereocenters. The lowest BCUT2D eigenvalue weighted by Gasteiger charge is -2.36. The van der Waals surface area contributed by atoms with E-state index in [0.717, 1.165) is 45.4 Å². The highest BCUT2D eigenvalue weighted by molar-refractivity contribution is 5.84. The summed E-state index contributed by atoms with van der Waals surface area (Å²) < 4.78 is 0. The number of carbonyl (C=O) groups is 2. The minimum Gasteiger partial charge on any atom is -0.337 e. The lowest BCUT2D eigenvalue weighted by atomic mass is 9.95. The Kier molecular flexibility index (Phi) is 6.72. The molecule has 1 N–H and O–H groups in total. The second-order valence-electron chi connectivity index (χ2n) is 8.05. The molecule has 3 aliphatic rings. The van der Waals surface area contributed by atoms with Crippen LogP contribution in [0.15, 0.2) is 30.3 Å². The summed E-state index contributed by atoms with van der Waals surface area (Å²) in [7, 11) is 3.36. The van der Waals surface area contributed by atoms with Gasteiger partial charge in [-0.15, -0.1) is 0 Å². The van der Waals surface area contributed by atoms with Crippen molar-refractivity contribution in [3.8, 4) is 0 Å². The number of amides is 3. The predicted molar refractivity (Wildman–Crippen MR) is 107 cm³/mol. The highest BCUT2D eigenvalue weighted by atomic mass is 16.2. The van der Waals surface area contributed by atoms with Gasteiger partial charge in [0.25, 0.3) is 0 Å². The van der Waals surface area contributed by atoms with Gasteiger partial charge in [-0.05, 0) is 43.7 Å². The molecule has 27 heavy (non-hydrogen) atoms. The van der Waals surface area contributed by atoms with Crippen molar-refractivity contribution in [2.75, 3.05) is 46.8 Å². The second-order valence-corrected chi connectivity index (χ2v) is 8.05. The molecule has 148 valence electrons. The van der Waals surface area contributed by atoms with Crippen molar-refractivity contribution in [2.24, 2.45) is 5.92 Å². The van der Waals surface area contributed by atoms with E-state index < -0.39 is 0 Å². The van der Waals surface area contributed by atoms with Crippen molar-refractivity contribution in [2.45, 2.75) is 31.7 Å². The van der Waals surface area contributed by atoms with Crippen LogP contribution in [0.1, 0.15) is 24.8 Å². The molecule has 0 aliphatic carbocycles. The van der Waals surface area contributed by atoms with E-state index in [1.54, 1.807) is 14.1 Å². The number of nitrogens with zero attached hydrogens (tertiary/aromatic N) is 3. The highest BCUT2D eigenvalue weighted by Crippen LogP contribution is 2.28. The number of hydrogen-bond donors (Lipinski definition) is 1. The lowest BCUT2D eigenvalue weighted by molar-refractivity contribution is -0.134. The monoisotopic (exact) mass is 372 g/mol. The van der Waals surface area contributed by atoms with Crippen LogP contribution in [0.3, 0.4) is 0 Å². The van der Waals surface area contributed by atoms with Crippen LogP contribution in [0, 0.1) is 5.92 Å². The van der Waals surface area contributed by atoms with Crippen molar-refractivity contribution >= 4 is 11.9 Å². The summed E-state index contributed by atoms with van der Waals surface area (Å²) in [6, 6.07) is 10.7. The average molecular weight is 373 g/mol. The number of nitrogens with one attached hydrogen (secondary N) is 1. The van der Waals surface area contributed by atoms with Gasteiger partial charge >= 0.3 is 6.03 Å². The Bertz CT molecular complexity index is 634. The number of hydrogen-bond acceptors (Lipinski definition) is 3. The summed E-state index contributed by atoms with van der Waals surface area (Å²) in [5.41, 5.74) is 1.39. The first-order chi connectivity index (χ1) is 13.0.